The van der Waals surface area contributed by atoms with Gasteiger partial charge in [-0.15, -0.1) is 11.3 Å². The monoisotopic (exact) mass is 400 g/mol. The summed E-state index contributed by atoms with van der Waals surface area (Å²) in [6, 6.07) is 13.0. The van der Waals surface area contributed by atoms with Gasteiger partial charge in [0.25, 0.3) is 0 Å². The maximum absolute atomic E-state index is 11.0. The van der Waals surface area contributed by atoms with Crippen LogP contribution in [0.2, 0.25) is 5.02 Å². The largest absolute Gasteiger partial charge is 0.477 e. The van der Waals surface area contributed by atoms with Crippen LogP contribution in [0.5, 0.6) is 0 Å². The van der Waals surface area contributed by atoms with Gasteiger partial charge in [0, 0.05) is 29.3 Å². The number of benzene rings is 1. The van der Waals surface area contributed by atoms with E-state index in [1.165, 1.54) is 11.3 Å². The fourth-order valence-electron chi connectivity index (χ4n) is 2.45. The second kappa shape index (κ2) is 8.68. The highest BCUT2D eigenvalue weighted by Crippen LogP contribution is 2.29. The molecule has 0 spiro atoms. The molecule has 0 aliphatic carbocycles. The van der Waals surface area contributed by atoms with Crippen LogP contribution in [0.4, 0.5) is 11.4 Å². The Labute approximate surface area is 164 Å². The summed E-state index contributed by atoms with van der Waals surface area (Å²) >= 11 is 6.87. The molecule has 0 bridgehead atoms. The van der Waals surface area contributed by atoms with Gasteiger partial charge >= 0.3 is 5.97 Å². The topological polar surface area (TPSA) is 104 Å². The zero-order valence-electron chi connectivity index (χ0n) is 14.1. The average molecular weight is 401 g/mol. The third-order valence-corrected chi connectivity index (χ3v) is 4.85. The molecule has 1 aromatic carbocycles. The molecular weight excluding hydrogens is 384 g/mol. The first-order chi connectivity index (χ1) is 13.1. The molecule has 0 fully saturated rings. The van der Waals surface area contributed by atoms with Crippen LogP contribution in [0.3, 0.4) is 0 Å². The standard InChI is InChI=1S/C12H9N3O2S.C7H8ClN/c16-12(17)10-9(3-6-18-10)15-8-2-5-14-11-7(8)1-4-13-11;8-7-3-1-2-6(4-7)5-9/h1-6H,(H,16,17)(H2,13,14,15);1-4H,5,9H2. The number of carboxylic acid groups (broad SMARTS) is 1. The molecule has 0 radical (unpaired) electrons. The zero-order valence-corrected chi connectivity index (χ0v) is 15.7. The lowest BCUT2D eigenvalue weighted by Gasteiger charge is -2.06. The number of aromatic nitrogens is 2. The lowest BCUT2D eigenvalue weighted by atomic mass is 10.2. The summed E-state index contributed by atoms with van der Waals surface area (Å²) in [4.78, 5) is 18.5. The number of hydrogen-bond donors (Lipinski definition) is 4. The van der Waals surface area contributed by atoms with Crippen LogP contribution in [0.25, 0.3) is 11.0 Å². The number of fused-ring (bicyclic) bond motifs is 1. The average Bonchev–Trinajstić information content (AvgIpc) is 3.32. The maximum Gasteiger partial charge on any atom is 0.348 e. The van der Waals surface area contributed by atoms with Crippen molar-refractivity contribution in [3.8, 4) is 0 Å². The fraction of sp³-hybridized carbons (Fsp3) is 0.0526. The van der Waals surface area contributed by atoms with Crippen LogP contribution < -0.4 is 11.1 Å². The van der Waals surface area contributed by atoms with E-state index in [9.17, 15) is 4.79 Å². The van der Waals surface area contributed by atoms with Crippen LogP contribution in [0, 0.1) is 0 Å². The number of carboxylic acids is 1. The van der Waals surface area contributed by atoms with E-state index in [0.29, 0.717) is 17.1 Å². The summed E-state index contributed by atoms with van der Waals surface area (Å²) in [5.41, 5.74) is 8.64. The lowest BCUT2D eigenvalue weighted by Crippen LogP contribution is -1.98. The maximum atomic E-state index is 11.0. The van der Waals surface area contributed by atoms with E-state index >= 15 is 0 Å². The molecule has 6 nitrogen and oxygen atoms in total. The number of aromatic amines is 1. The van der Waals surface area contributed by atoms with Crippen LogP contribution in [-0.4, -0.2) is 21.0 Å². The van der Waals surface area contributed by atoms with E-state index in [0.717, 1.165) is 27.3 Å². The van der Waals surface area contributed by atoms with Crippen molar-refractivity contribution in [2.24, 2.45) is 5.73 Å². The van der Waals surface area contributed by atoms with Gasteiger partial charge in [0.1, 0.15) is 10.5 Å². The van der Waals surface area contributed by atoms with E-state index in [1.54, 1.807) is 23.8 Å². The van der Waals surface area contributed by atoms with Gasteiger partial charge in [-0.05, 0) is 41.3 Å². The minimum atomic E-state index is -0.924. The molecule has 0 saturated heterocycles. The number of rotatable bonds is 4. The van der Waals surface area contributed by atoms with Crippen molar-refractivity contribution in [2.45, 2.75) is 6.54 Å². The predicted octanol–water partition coefficient (Wildman–Crippen LogP) is 4.86. The molecule has 4 aromatic rings. The Morgan fingerprint density at radius 3 is 2.81 bits per heavy atom. The first-order valence-corrected chi connectivity index (χ1v) is 9.28. The van der Waals surface area contributed by atoms with Crippen molar-refractivity contribution in [1.82, 2.24) is 9.97 Å². The van der Waals surface area contributed by atoms with E-state index in [2.05, 4.69) is 15.3 Å². The molecule has 8 heteroatoms. The highest BCUT2D eigenvalue weighted by atomic mass is 35.5. The van der Waals surface area contributed by atoms with Crippen molar-refractivity contribution < 1.29 is 9.90 Å². The third-order valence-electron chi connectivity index (χ3n) is 3.71. The number of nitrogens with one attached hydrogen (secondary N) is 2. The summed E-state index contributed by atoms with van der Waals surface area (Å²) in [5.74, 6) is -0.924. The molecule has 0 aliphatic heterocycles. The smallest absolute Gasteiger partial charge is 0.348 e. The van der Waals surface area contributed by atoms with Gasteiger partial charge in [-0.25, -0.2) is 9.78 Å². The first kappa shape index (κ1) is 18.9. The number of halogens is 1. The number of H-pyrrole nitrogens is 1. The first-order valence-electron chi connectivity index (χ1n) is 8.03. The predicted molar refractivity (Wildman–Crippen MR) is 110 cm³/mol. The summed E-state index contributed by atoms with van der Waals surface area (Å²) < 4.78 is 0. The molecule has 4 rings (SSSR count). The van der Waals surface area contributed by atoms with E-state index in [-0.39, 0.29) is 0 Å². The molecular formula is C19H17ClN4O2S. The van der Waals surface area contributed by atoms with E-state index in [1.807, 2.05) is 36.4 Å². The number of thiophene rings is 1. The molecule has 3 aromatic heterocycles. The molecule has 0 unspecified atom stereocenters. The van der Waals surface area contributed by atoms with Crippen molar-refractivity contribution in [2.75, 3.05) is 5.32 Å². The minimum absolute atomic E-state index is 0.301. The lowest BCUT2D eigenvalue weighted by molar-refractivity contribution is 0.0703. The number of carbonyl (C=O) groups is 1. The Morgan fingerprint density at radius 1 is 1.26 bits per heavy atom. The fourth-order valence-corrected chi connectivity index (χ4v) is 3.35. The molecule has 27 heavy (non-hydrogen) atoms. The molecule has 0 amide bonds. The Hall–Kier alpha value is -2.87. The second-order valence-corrected chi connectivity index (χ2v) is 6.88. The second-order valence-electron chi connectivity index (χ2n) is 5.53. The molecule has 5 N–H and O–H groups in total. The van der Waals surface area contributed by atoms with Crippen molar-refractivity contribution in [3.05, 3.63) is 75.7 Å². The van der Waals surface area contributed by atoms with Gasteiger partial charge in [-0.3, -0.25) is 0 Å². The van der Waals surface area contributed by atoms with Gasteiger partial charge in [-0.2, -0.15) is 0 Å². The SMILES string of the molecule is NCc1cccc(Cl)c1.O=C(O)c1sccc1Nc1ccnc2[nH]ccc12. The Bertz CT molecular complexity index is 1060. The molecule has 138 valence electrons. The van der Waals surface area contributed by atoms with Gasteiger partial charge in [0.2, 0.25) is 0 Å². The highest BCUT2D eigenvalue weighted by molar-refractivity contribution is 7.12. The quantitative estimate of drug-likeness (QED) is 0.391. The normalized spacial score (nSPS) is 10.3. The Balaban J connectivity index is 0.000000197. The molecule has 3 heterocycles. The van der Waals surface area contributed by atoms with Crippen molar-refractivity contribution >= 4 is 51.3 Å². The molecule has 0 atom stereocenters. The van der Waals surface area contributed by atoms with Crippen LogP contribution in [0.15, 0.2) is 60.2 Å². The van der Waals surface area contributed by atoms with E-state index < -0.39 is 5.97 Å². The zero-order chi connectivity index (χ0) is 19.2. The molecule has 0 saturated carbocycles. The highest BCUT2D eigenvalue weighted by Gasteiger charge is 2.12. The Morgan fingerprint density at radius 2 is 2.11 bits per heavy atom. The summed E-state index contributed by atoms with van der Waals surface area (Å²) in [5, 5.41) is 15.6. The minimum Gasteiger partial charge on any atom is -0.477 e. The number of hydrogen-bond acceptors (Lipinski definition) is 5. The number of aromatic carboxylic acids is 1. The summed E-state index contributed by atoms with van der Waals surface area (Å²) in [6.45, 7) is 0.556. The molecule has 0 aliphatic rings. The number of nitrogens with zero attached hydrogens (tertiary/aromatic N) is 1. The van der Waals surface area contributed by atoms with Crippen molar-refractivity contribution in [1.29, 1.82) is 0 Å². The van der Waals surface area contributed by atoms with Crippen LogP contribution in [-0.2, 0) is 6.54 Å². The van der Waals surface area contributed by atoms with Gasteiger partial charge in [0.15, 0.2) is 0 Å². The third kappa shape index (κ3) is 4.65. The summed E-state index contributed by atoms with van der Waals surface area (Å²) in [6.07, 6.45) is 3.47. The van der Waals surface area contributed by atoms with Crippen LogP contribution in [0.1, 0.15) is 15.2 Å². The van der Waals surface area contributed by atoms with Gasteiger partial charge in [0.05, 0.1) is 11.4 Å². The number of pyridine rings is 1. The van der Waals surface area contributed by atoms with E-state index in [4.69, 9.17) is 22.4 Å². The van der Waals surface area contributed by atoms with Crippen molar-refractivity contribution in [3.63, 3.8) is 0 Å². The van der Waals surface area contributed by atoms with Crippen LogP contribution >= 0.6 is 22.9 Å². The van der Waals surface area contributed by atoms with Gasteiger partial charge < -0.3 is 21.1 Å². The number of anilines is 2. The number of nitrogens with two attached hydrogens (primary N) is 1. The summed E-state index contributed by atoms with van der Waals surface area (Å²) in [7, 11) is 0. The Kier molecular flexibility index (Phi) is 6.08. The van der Waals surface area contributed by atoms with Gasteiger partial charge in [-0.1, -0.05) is 23.7 Å².